The van der Waals surface area contributed by atoms with Crippen molar-refractivity contribution in [2.24, 2.45) is 114 Å². The van der Waals surface area contributed by atoms with Gasteiger partial charge in [0.15, 0.2) is 18.6 Å². The maximum Gasteiger partial charge on any atom is 0.350 e. The Labute approximate surface area is 771 Å². The van der Waals surface area contributed by atoms with Gasteiger partial charge in [-0.25, -0.2) is 14.4 Å². The van der Waals surface area contributed by atoms with Crippen LogP contribution in [0.15, 0.2) is 0 Å². The van der Waals surface area contributed by atoms with Gasteiger partial charge in [-0.2, -0.15) is 5.26 Å². The van der Waals surface area contributed by atoms with Crippen molar-refractivity contribution in [3.05, 3.63) is 0 Å². The average molecular weight is 1830 g/mol. The van der Waals surface area contributed by atoms with Gasteiger partial charge >= 0.3 is 71.6 Å². The highest BCUT2D eigenvalue weighted by molar-refractivity contribution is 5.87. The van der Waals surface area contributed by atoms with E-state index < -0.39 is 133 Å². The third-order valence-electron chi connectivity index (χ3n) is 35.0. The largest absolute Gasteiger partial charge is 0.459 e. The van der Waals surface area contributed by atoms with Crippen molar-refractivity contribution in [3.8, 4) is 6.07 Å². The Morgan fingerprint density at radius 3 is 1.26 bits per heavy atom. The molecule has 0 radical (unpaired) electrons. The van der Waals surface area contributed by atoms with Crippen LogP contribution in [-0.4, -0.2) is 176 Å². The quantitative estimate of drug-likeness (QED) is 0.0535. The third-order valence-corrected chi connectivity index (χ3v) is 35.0. The molecule has 3 heterocycles. The maximum atomic E-state index is 12.8. The van der Waals surface area contributed by atoms with Gasteiger partial charge < -0.3 is 72.2 Å². The fraction of sp³-hybridized carbons (Fsp3) is 0.873. The monoisotopic (exact) mass is 1830 g/mol. The molecule has 19 unspecified atom stereocenters. The fourth-order valence-corrected chi connectivity index (χ4v) is 24.6. The van der Waals surface area contributed by atoms with Crippen LogP contribution in [0.3, 0.4) is 0 Å². The highest BCUT2D eigenvalue weighted by Crippen LogP contribution is 2.72. The predicted molar refractivity (Wildman–Crippen MR) is 473 cm³/mol. The zero-order chi connectivity index (χ0) is 96.9. The first-order chi connectivity index (χ1) is 59.9. The molecule has 15 saturated carbocycles. The summed E-state index contributed by atoms with van der Waals surface area (Å²) in [5.74, 6) is -2.19. The van der Waals surface area contributed by atoms with Crippen molar-refractivity contribution in [2.75, 3.05) is 13.2 Å². The fourth-order valence-electron chi connectivity index (χ4n) is 24.6. The molecule has 28 heteroatoms. The Morgan fingerprint density at radius 2 is 0.831 bits per heavy atom. The molecule has 14 bridgehead atoms. The standard InChI is InChI=1S/C22H38O3.C18H26O6.C17H21NO6.C16H22O6.C16H26O4.C13H24O2/c1-8-18(2,3)17(23)25-20(6,7)22-12-15-9-16(13-22)11-21(10-15,14-22)19(4,5)24;1-6-17(2,3)15(20)24-18(4,5)16(21)23-12-9-7-10-11(8-9)14(19)22-13(10)12;1-4-16(2,3)14(20)22-7-11(19)23-12-9-5-10-13(12)24-15(21)17(10,6-9)8-18;1-4-16(2,3)15(19)20-7-11(17)21-12-8-5-9-10(6-8)14(18)22-13(9)12;1-4-13(2,3)12(17)20-16-7-11-5-14(18,9-16)8-15(19,6-11)10-16;1-5-12(2,3)11(14)15-13(4)9-7-6-8-10-13/h15-16,24H,8-14H2,1-7H3;9-13H,6-8H2,1-5H3;9-10,12-13H,4-7H2,1-3H3;8-10,12-13H,4-7H2,1-3H3;11,18-19H,4-10H2,1-3H3;5-10H2,1-4H3. The van der Waals surface area contributed by atoms with E-state index in [9.17, 15) is 78.1 Å². The SMILES string of the molecule is CCC(C)(C)C(=O)OC(C)(C)C(=O)OC1C2CC3C(=O)OC1C3C2.CCC(C)(C)C(=O)OC(C)(C)C12CC3CC(CC(C(C)(C)O)(C3)C1)C2.CCC(C)(C)C(=O)OC1(C)CCCCC1.CCC(C)(C)C(=O)OC12CC3CC(O)(CC(O)(C3)C1)C2.CCC(C)(C)C(=O)OCC(=O)OC1C2CC3C(=O)OC1C3C2.CCC(C)(C)C(=O)OCC(=O)OC1C2CC3C1OC(=O)C3(C#N)C2. The first-order valence-corrected chi connectivity index (χ1v) is 49.0. The normalized spacial score (nSPS) is 35.9. The van der Waals surface area contributed by atoms with Crippen LogP contribution in [0.2, 0.25) is 0 Å². The van der Waals surface area contributed by atoms with Gasteiger partial charge in [-0.15, -0.1) is 0 Å². The van der Waals surface area contributed by atoms with Crippen molar-refractivity contribution in [3.63, 3.8) is 0 Å². The molecule has 3 N–H and O–H groups in total. The van der Waals surface area contributed by atoms with E-state index in [1.807, 2.05) is 96.9 Å². The van der Waals surface area contributed by atoms with E-state index in [-0.39, 0.29) is 130 Å². The van der Waals surface area contributed by atoms with Crippen LogP contribution >= 0.6 is 0 Å². The van der Waals surface area contributed by atoms with Gasteiger partial charge in [0.05, 0.1) is 67.2 Å². The van der Waals surface area contributed by atoms with Crippen LogP contribution in [0.4, 0.5) is 0 Å². The van der Waals surface area contributed by atoms with Gasteiger partial charge in [0.2, 0.25) is 5.60 Å². The summed E-state index contributed by atoms with van der Waals surface area (Å²) in [6.45, 7) is 46.5. The van der Waals surface area contributed by atoms with Crippen molar-refractivity contribution in [1.29, 1.82) is 5.26 Å². The number of carbonyl (C=O) groups is 12. The molecule has 3 saturated heterocycles. The zero-order valence-corrected chi connectivity index (χ0v) is 82.8. The molecule has 18 fully saturated rings. The molecule has 0 aromatic rings. The Morgan fingerprint density at radius 1 is 0.423 bits per heavy atom. The minimum Gasteiger partial charge on any atom is -0.459 e. The molecule has 3 aliphatic heterocycles. The number of rotatable bonds is 26. The molecule has 18 rings (SSSR count). The molecule has 18 aliphatic rings. The minimum atomic E-state index is -1.37. The lowest BCUT2D eigenvalue weighted by Gasteiger charge is -2.68. The Kier molecular flexibility index (Phi) is 29.4. The van der Waals surface area contributed by atoms with E-state index in [0.717, 1.165) is 109 Å². The van der Waals surface area contributed by atoms with Crippen LogP contribution in [0.25, 0.3) is 0 Å². The van der Waals surface area contributed by atoms with Gasteiger partial charge in [-0.3, -0.25) is 43.2 Å². The second-order valence-corrected chi connectivity index (χ2v) is 48.2. The lowest BCUT2D eigenvalue weighted by molar-refractivity contribution is -0.264. The molecule has 732 valence electrons. The summed E-state index contributed by atoms with van der Waals surface area (Å²) in [7, 11) is 0. The number of fused-ring (bicyclic) bond motifs is 3. The number of aliphatic hydroxyl groups is 3. The Bertz CT molecular complexity index is 4280. The molecule has 0 amide bonds. The van der Waals surface area contributed by atoms with Crippen molar-refractivity contribution in [1.82, 2.24) is 0 Å². The predicted octanol–water partition coefficient (Wildman–Crippen LogP) is 16.0. The Hall–Kier alpha value is -6.99. The second-order valence-electron chi connectivity index (χ2n) is 48.2. The summed E-state index contributed by atoms with van der Waals surface area (Å²) in [4.78, 5) is 145. The molecule has 0 aromatic heterocycles. The van der Waals surface area contributed by atoms with E-state index in [4.69, 9.17) is 56.8 Å². The number of hydrogen-bond acceptors (Lipinski definition) is 28. The summed E-state index contributed by atoms with van der Waals surface area (Å²) in [6, 6.07) is 2.10. The number of esters is 12. The van der Waals surface area contributed by atoms with E-state index in [1.54, 1.807) is 41.5 Å². The van der Waals surface area contributed by atoms with Crippen LogP contribution in [0, 0.1) is 125 Å². The topological polar surface area (TPSA) is 400 Å². The van der Waals surface area contributed by atoms with Gasteiger partial charge in [0, 0.05) is 60.2 Å². The van der Waals surface area contributed by atoms with E-state index in [0.29, 0.717) is 63.2 Å². The molecule has 28 nitrogen and oxygen atoms in total. The van der Waals surface area contributed by atoms with E-state index in [1.165, 1.54) is 39.5 Å². The van der Waals surface area contributed by atoms with Crippen LogP contribution in [0.5, 0.6) is 0 Å². The maximum absolute atomic E-state index is 12.8. The van der Waals surface area contributed by atoms with Crippen LogP contribution in [-0.2, 0) is 114 Å². The summed E-state index contributed by atoms with van der Waals surface area (Å²) in [6.07, 6.45) is 22.1. The van der Waals surface area contributed by atoms with Crippen molar-refractivity contribution < 1.29 is 130 Å². The van der Waals surface area contributed by atoms with Crippen LogP contribution < -0.4 is 0 Å². The number of hydrogen-bond donors (Lipinski definition) is 3. The number of ether oxygens (including phenoxy) is 12. The minimum absolute atomic E-state index is 0.00636. The summed E-state index contributed by atoms with van der Waals surface area (Å²) in [5, 5.41) is 41.6. The third kappa shape index (κ3) is 20.7. The first kappa shape index (κ1) is 104. The number of nitrogens with zero attached hydrogens (tertiary/aromatic N) is 1. The Balaban J connectivity index is 0.000000152. The van der Waals surface area contributed by atoms with Crippen molar-refractivity contribution in [2.45, 2.75) is 435 Å². The number of nitriles is 1. The molecule has 15 aliphatic carbocycles. The highest BCUT2D eigenvalue weighted by Gasteiger charge is 2.74. The van der Waals surface area contributed by atoms with Crippen molar-refractivity contribution >= 4 is 71.6 Å². The average Bonchev–Trinajstić information content (AvgIpc) is 1.13. The molecule has 19 atom stereocenters. The lowest BCUT2D eigenvalue weighted by atomic mass is 9.38. The summed E-state index contributed by atoms with van der Waals surface area (Å²) in [5.41, 5.74) is -9.30. The smallest absolute Gasteiger partial charge is 0.350 e. The molecular weight excluding hydrogens is 1670 g/mol. The van der Waals surface area contributed by atoms with E-state index in [2.05, 4.69) is 26.8 Å². The lowest BCUT2D eigenvalue weighted by Crippen LogP contribution is -2.67. The van der Waals surface area contributed by atoms with E-state index >= 15 is 0 Å². The van der Waals surface area contributed by atoms with Crippen LogP contribution in [0.1, 0.15) is 359 Å². The molecule has 0 aromatic carbocycles. The van der Waals surface area contributed by atoms with Gasteiger partial charge in [-0.1, -0.05) is 48.0 Å². The summed E-state index contributed by atoms with van der Waals surface area (Å²) < 4.78 is 65.8. The summed E-state index contributed by atoms with van der Waals surface area (Å²) >= 11 is 0. The van der Waals surface area contributed by atoms with Gasteiger partial charge in [-0.05, 0) is 315 Å². The number of carbonyl (C=O) groups excluding carboxylic acids is 12. The van der Waals surface area contributed by atoms with Gasteiger partial charge in [0.25, 0.3) is 0 Å². The second kappa shape index (κ2) is 36.9. The highest BCUT2D eigenvalue weighted by atomic mass is 16.6. The zero-order valence-electron chi connectivity index (χ0n) is 82.8. The molecule has 130 heavy (non-hydrogen) atoms. The molecule has 0 spiro atoms. The molecular formula is C102H157NO27. The first-order valence-electron chi connectivity index (χ1n) is 49.0. The van der Waals surface area contributed by atoms with Gasteiger partial charge in [0.1, 0.15) is 53.4 Å².